The number of nitrogens with zero attached hydrogens (tertiary/aromatic N) is 1. The average molecular weight is 214 g/mol. The van der Waals surface area contributed by atoms with Crippen LogP contribution in [0.4, 0.5) is 0 Å². The first kappa shape index (κ1) is 12.5. The second-order valence-electron chi connectivity index (χ2n) is 4.38. The van der Waals surface area contributed by atoms with Crippen molar-refractivity contribution in [3.63, 3.8) is 0 Å². The molecular weight excluding hydrogens is 192 g/mol. The first-order valence-corrected chi connectivity index (χ1v) is 5.68. The molecule has 1 fully saturated rings. The molecule has 0 saturated heterocycles. The molecule has 1 aliphatic rings. The molecule has 0 radical (unpaired) electrons. The molecule has 1 aliphatic carbocycles. The highest BCUT2D eigenvalue weighted by molar-refractivity contribution is 5.81. The van der Waals surface area contributed by atoms with Gasteiger partial charge in [0.2, 0.25) is 0 Å². The smallest absolute Gasteiger partial charge is 0.253 e. The minimum Gasteiger partial charge on any atom is -0.329 e. The summed E-state index contributed by atoms with van der Waals surface area (Å²) in [5.41, 5.74) is 5.42. The van der Waals surface area contributed by atoms with E-state index >= 15 is 0 Å². The lowest BCUT2D eigenvalue weighted by molar-refractivity contribution is -0.180. The first-order chi connectivity index (χ1) is 7.16. The fourth-order valence-corrected chi connectivity index (χ4v) is 2.33. The highest BCUT2D eigenvalue weighted by Crippen LogP contribution is 2.35. The summed E-state index contributed by atoms with van der Waals surface area (Å²) >= 11 is 0. The molecule has 15 heavy (non-hydrogen) atoms. The second-order valence-corrected chi connectivity index (χ2v) is 4.38. The number of nitrogens with two attached hydrogens (primary N) is 1. The average Bonchev–Trinajstić information content (AvgIpc) is 2.53. The quantitative estimate of drug-likeness (QED) is 0.569. The van der Waals surface area contributed by atoms with Crippen LogP contribution in [-0.2, 0) is 9.63 Å². The summed E-state index contributed by atoms with van der Waals surface area (Å²) < 4.78 is 0. The monoisotopic (exact) mass is 214 g/mol. The topological polar surface area (TPSA) is 55.6 Å². The molecule has 0 aromatic heterocycles. The van der Waals surface area contributed by atoms with Crippen LogP contribution >= 0.6 is 0 Å². The molecule has 0 aromatic rings. The Kier molecular flexibility index (Phi) is 4.54. The summed E-state index contributed by atoms with van der Waals surface area (Å²) in [5.74, 6) is 0.0365. The number of hydrogen-bond acceptors (Lipinski definition) is 3. The summed E-state index contributed by atoms with van der Waals surface area (Å²) in [4.78, 5) is 17.1. The van der Waals surface area contributed by atoms with Crippen molar-refractivity contribution in [3.8, 4) is 0 Å². The van der Waals surface area contributed by atoms with E-state index < -0.39 is 0 Å². The molecule has 0 bridgehead atoms. The molecule has 4 nitrogen and oxygen atoms in total. The van der Waals surface area contributed by atoms with Crippen molar-refractivity contribution in [2.24, 2.45) is 11.1 Å². The Morgan fingerprint density at radius 3 is 2.27 bits per heavy atom. The molecule has 2 N–H and O–H groups in total. The van der Waals surface area contributed by atoms with E-state index in [1.54, 1.807) is 7.05 Å². The number of amides is 1. The zero-order chi connectivity index (χ0) is 11.3. The van der Waals surface area contributed by atoms with Gasteiger partial charge in [-0.25, -0.2) is 5.06 Å². The lowest BCUT2D eigenvalue weighted by Crippen LogP contribution is -2.46. The predicted molar refractivity (Wildman–Crippen MR) is 59.0 cm³/mol. The third kappa shape index (κ3) is 2.69. The number of hydroxylamine groups is 2. The Morgan fingerprint density at radius 1 is 1.33 bits per heavy atom. The van der Waals surface area contributed by atoms with E-state index in [-0.39, 0.29) is 11.3 Å². The third-order valence-electron chi connectivity index (χ3n) is 3.46. The normalized spacial score (nSPS) is 20.7. The SMILES string of the molecule is CON(C)C(=O)C1(CN)CCCCCC1. The van der Waals surface area contributed by atoms with Crippen molar-refractivity contribution < 1.29 is 9.63 Å². The lowest BCUT2D eigenvalue weighted by atomic mass is 9.79. The standard InChI is InChI=1S/C11H22N2O2/c1-13(15-2)10(14)11(9-12)7-5-3-4-6-8-11/h3-9,12H2,1-2H3. The van der Waals surface area contributed by atoms with Crippen molar-refractivity contribution in [1.82, 2.24) is 5.06 Å². The van der Waals surface area contributed by atoms with E-state index in [1.165, 1.54) is 25.0 Å². The largest absolute Gasteiger partial charge is 0.329 e. The number of rotatable bonds is 3. The molecular formula is C11H22N2O2. The molecule has 0 heterocycles. The maximum atomic E-state index is 12.2. The van der Waals surface area contributed by atoms with E-state index in [1.807, 2.05) is 0 Å². The van der Waals surface area contributed by atoms with E-state index in [0.717, 1.165) is 25.7 Å². The van der Waals surface area contributed by atoms with Crippen LogP contribution in [0.25, 0.3) is 0 Å². The second kappa shape index (κ2) is 5.47. The molecule has 88 valence electrons. The maximum Gasteiger partial charge on any atom is 0.253 e. The van der Waals surface area contributed by atoms with Crippen LogP contribution in [0.15, 0.2) is 0 Å². The molecule has 0 spiro atoms. The van der Waals surface area contributed by atoms with Crippen LogP contribution in [0.5, 0.6) is 0 Å². The molecule has 1 amide bonds. The van der Waals surface area contributed by atoms with Crippen LogP contribution < -0.4 is 5.73 Å². The maximum absolute atomic E-state index is 12.2. The summed E-state index contributed by atoms with van der Waals surface area (Å²) in [6.07, 6.45) is 6.42. The third-order valence-corrected chi connectivity index (χ3v) is 3.46. The Bertz CT molecular complexity index is 211. The van der Waals surface area contributed by atoms with Crippen molar-refractivity contribution in [2.75, 3.05) is 20.7 Å². The minimum atomic E-state index is -0.374. The Hall–Kier alpha value is -0.610. The van der Waals surface area contributed by atoms with Crippen LogP contribution in [0.1, 0.15) is 38.5 Å². The van der Waals surface area contributed by atoms with Crippen LogP contribution in [0.3, 0.4) is 0 Å². The van der Waals surface area contributed by atoms with Gasteiger partial charge < -0.3 is 5.73 Å². The van der Waals surface area contributed by atoms with Gasteiger partial charge in [0.15, 0.2) is 0 Å². The number of carbonyl (C=O) groups is 1. The number of carbonyl (C=O) groups excluding carboxylic acids is 1. The zero-order valence-corrected chi connectivity index (χ0v) is 9.79. The lowest BCUT2D eigenvalue weighted by Gasteiger charge is -2.32. The van der Waals surface area contributed by atoms with Crippen LogP contribution in [-0.4, -0.2) is 31.7 Å². The molecule has 4 heteroatoms. The molecule has 0 aliphatic heterocycles. The highest BCUT2D eigenvalue weighted by atomic mass is 16.7. The van der Waals surface area contributed by atoms with Crippen molar-refractivity contribution in [1.29, 1.82) is 0 Å². The van der Waals surface area contributed by atoms with Gasteiger partial charge in [0.25, 0.3) is 5.91 Å². The summed E-state index contributed by atoms with van der Waals surface area (Å²) in [6.45, 7) is 0.430. The number of hydrogen-bond donors (Lipinski definition) is 1. The van der Waals surface area contributed by atoms with Crippen molar-refractivity contribution >= 4 is 5.91 Å². The fourth-order valence-electron chi connectivity index (χ4n) is 2.33. The van der Waals surface area contributed by atoms with Gasteiger partial charge in [-0.2, -0.15) is 0 Å². The Balaban J connectivity index is 2.76. The van der Waals surface area contributed by atoms with Crippen molar-refractivity contribution in [2.45, 2.75) is 38.5 Å². The molecule has 1 saturated carbocycles. The van der Waals surface area contributed by atoms with E-state index in [2.05, 4.69) is 0 Å². The van der Waals surface area contributed by atoms with E-state index in [9.17, 15) is 4.79 Å². The molecule has 0 aromatic carbocycles. The molecule has 1 rings (SSSR count). The van der Waals surface area contributed by atoms with Gasteiger partial charge in [-0.1, -0.05) is 25.7 Å². The van der Waals surface area contributed by atoms with E-state index in [4.69, 9.17) is 10.6 Å². The van der Waals surface area contributed by atoms with Crippen LogP contribution in [0.2, 0.25) is 0 Å². The molecule has 0 atom stereocenters. The van der Waals surface area contributed by atoms with Crippen molar-refractivity contribution in [3.05, 3.63) is 0 Å². The molecule has 0 unspecified atom stereocenters. The van der Waals surface area contributed by atoms with Gasteiger partial charge in [0.1, 0.15) is 0 Å². The Labute approximate surface area is 91.7 Å². The predicted octanol–water partition coefficient (Wildman–Crippen LogP) is 1.31. The fraction of sp³-hybridized carbons (Fsp3) is 0.909. The zero-order valence-electron chi connectivity index (χ0n) is 9.79. The van der Waals surface area contributed by atoms with Gasteiger partial charge in [-0.05, 0) is 12.8 Å². The van der Waals surface area contributed by atoms with Gasteiger partial charge in [0.05, 0.1) is 12.5 Å². The van der Waals surface area contributed by atoms with Gasteiger partial charge >= 0.3 is 0 Å². The van der Waals surface area contributed by atoms with E-state index in [0.29, 0.717) is 6.54 Å². The van der Waals surface area contributed by atoms with Gasteiger partial charge in [-0.3, -0.25) is 9.63 Å². The summed E-state index contributed by atoms with van der Waals surface area (Å²) in [6, 6.07) is 0. The first-order valence-electron chi connectivity index (χ1n) is 5.68. The highest BCUT2D eigenvalue weighted by Gasteiger charge is 2.39. The summed E-state index contributed by atoms with van der Waals surface area (Å²) in [7, 11) is 3.17. The van der Waals surface area contributed by atoms with Gasteiger partial charge in [0, 0.05) is 13.6 Å². The van der Waals surface area contributed by atoms with Crippen LogP contribution in [0, 0.1) is 5.41 Å². The summed E-state index contributed by atoms with van der Waals surface area (Å²) in [5, 5.41) is 1.32. The minimum absolute atomic E-state index is 0.0365. The Morgan fingerprint density at radius 2 is 1.87 bits per heavy atom. The van der Waals surface area contributed by atoms with Gasteiger partial charge in [-0.15, -0.1) is 0 Å².